The topological polar surface area (TPSA) is 85.9 Å². The van der Waals surface area contributed by atoms with Gasteiger partial charge in [0.15, 0.2) is 0 Å². The molecule has 26 heavy (non-hydrogen) atoms. The highest BCUT2D eigenvalue weighted by Gasteiger charge is 2.15. The molecule has 0 unspecified atom stereocenters. The van der Waals surface area contributed by atoms with Gasteiger partial charge >= 0.3 is 0 Å². The van der Waals surface area contributed by atoms with Crippen LogP contribution in [0.15, 0.2) is 42.5 Å². The number of ether oxygens (including phenoxy) is 1. The first kappa shape index (κ1) is 18.0. The third kappa shape index (κ3) is 4.44. The molecule has 0 aromatic heterocycles. The average molecular weight is 356 g/mol. The standard InChI is InChI=1S/C19H21N3O4/c1-14-12-16(4-7-18(14)22(24)25)19(23)20-17-5-2-15(3-6-17)13-21-8-10-26-11-9-21/h2-7,12H,8-11,13H2,1H3,(H,20,23)/p+1. The van der Waals surface area contributed by atoms with E-state index in [0.717, 1.165) is 32.8 Å². The summed E-state index contributed by atoms with van der Waals surface area (Å²) in [7, 11) is 0. The number of nitro groups is 1. The molecule has 0 aliphatic carbocycles. The van der Waals surface area contributed by atoms with E-state index in [2.05, 4.69) is 5.32 Å². The van der Waals surface area contributed by atoms with Crippen LogP contribution in [0.1, 0.15) is 21.5 Å². The predicted octanol–water partition coefficient (Wildman–Crippen LogP) is 1.57. The molecule has 0 radical (unpaired) electrons. The molecule has 2 N–H and O–H groups in total. The zero-order valence-electron chi connectivity index (χ0n) is 14.7. The van der Waals surface area contributed by atoms with Crippen molar-refractivity contribution in [2.45, 2.75) is 13.5 Å². The smallest absolute Gasteiger partial charge is 0.272 e. The minimum absolute atomic E-state index is 0.0107. The molecule has 3 rings (SSSR count). The molecular formula is C19H22N3O4+. The normalized spacial score (nSPS) is 14.8. The van der Waals surface area contributed by atoms with Crippen LogP contribution in [0.5, 0.6) is 0 Å². The molecule has 7 nitrogen and oxygen atoms in total. The first-order chi connectivity index (χ1) is 12.5. The molecule has 0 saturated carbocycles. The molecular weight excluding hydrogens is 334 g/mol. The number of quaternary nitrogens is 1. The van der Waals surface area contributed by atoms with E-state index < -0.39 is 4.92 Å². The summed E-state index contributed by atoms with van der Waals surface area (Å²) in [5.74, 6) is -0.283. The average Bonchev–Trinajstić information content (AvgIpc) is 2.64. The number of carbonyl (C=O) groups excluding carboxylic acids is 1. The Balaban J connectivity index is 1.62. The van der Waals surface area contributed by atoms with Gasteiger partial charge < -0.3 is 15.0 Å². The fourth-order valence-corrected chi connectivity index (χ4v) is 3.04. The molecule has 0 atom stereocenters. The number of nitrogens with one attached hydrogen (secondary N) is 2. The van der Waals surface area contributed by atoms with E-state index in [1.165, 1.54) is 28.7 Å². The Morgan fingerprint density at radius 2 is 1.88 bits per heavy atom. The monoisotopic (exact) mass is 356 g/mol. The number of carbonyl (C=O) groups is 1. The Hall–Kier alpha value is -2.77. The largest absolute Gasteiger partial charge is 0.370 e. The van der Waals surface area contributed by atoms with E-state index in [1.807, 2.05) is 24.3 Å². The zero-order valence-corrected chi connectivity index (χ0v) is 14.7. The maximum Gasteiger partial charge on any atom is 0.272 e. The molecule has 7 heteroatoms. The molecule has 1 saturated heterocycles. The summed E-state index contributed by atoms with van der Waals surface area (Å²) in [6.45, 7) is 6.20. The van der Waals surface area contributed by atoms with Crippen LogP contribution in [0, 0.1) is 17.0 Å². The Labute approximate surface area is 151 Å². The van der Waals surface area contributed by atoms with Crippen LogP contribution in [0.4, 0.5) is 11.4 Å². The van der Waals surface area contributed by atoms with Gasteiger partial charge in [0.25, 0.3) is 11.6 Å². The number of nitro benzene ring substituents is 1. The molecule has 1 aliphatic heterocycles. The van der Waals surface area contributed by atoms with Gasteiger partial charge in [-0.25, -0.2) is 0 Å². The van der Waals surface area contributed by atoms with E-state index in [-0.39, 0.29) is 11.6 Å². The van der Waals surface area contributed by atoms with Gasteiger partial charge in [-0.3, -0.25) is 14.9 Å². The van der Waals surface area contributed by atoms with Gasteiger partial charge in [0, 0.05) is 28.4 Å². The predicted molar refractivity (Wildman–Crippen MR) is 97.4 cm³/mol. The van der Waals surface area contributed by atoms with Crippen molar-refractivity contribution in [3.8, 4) is 0 Å². The second-order valence-electron chi connectivity index (χ2n) is 6.45. The van der Waals surface area contributed by atoms with Crippen molar-refractivity contribution in [2.75, 3.05) is 31.6 Å². The molecule has 1 aliphatic rings. The minimum Gasteiger partial charge on any atom is -0.370 e. The molecule has 0 spiro atoms. The van der Waals surface area contributed by atoms with Crippen molar-refractivity contribution >= 4 is 17.3 Å². The van der Waals surface area contributed by atoms with E-state index in [0.29, 0.717) is 16.8 Å². The summed E-state index contributed by atoms with van der Waals surface area (Å²) >= 11 is 0. The van der Waals surface area contributed by atoms with Crippen LogP contribution >= 0.6 is 0 Å². The van der Waals surface area contributed by atoms with E-state index >= 15 is 0 Å². The number of rotatable bonds is 5. The number of benzene rings is 2. The number of hydrogen-bond acceptors (Lipinski definition) is 4. The molecule has 0 bridgehead atoms. The van der Waals surface area contributed by atoms with Gasteiger partial charge in [0.2, 0.25) is 0 Å². The fraction of sp³-hybridized carbons (Fsp3) is 0.316. The van der Waals surface area contributed by atoms with Gasteiger partial charge in [-0.2, -0.15) is 0 Å². The lowest BCUT2D eigenvalue weighted by Gasteiger charge is -2.23. The van der Waals surface area contributed by atoms with Crippen LogP contribution in [0.3, 0.4) is 0 Å². The lowest BCUT2D eigenvalue weighted by Crippen LogP contribution is -3.12. The van der Waals surface area contributed by atoms with E-state index in [4.69, 9.17) is 4.74 Å². The third-order valence-electron chi connectivity index (χ3n) is 4.52. The number of hydrogen-bond donors (Lipinski definition) is 2. The molecule has 136 valence electrons. The van der Waals surface area contributed by atoms with E-state index in [1.54, 1.807) is 6.92 Å². The Bertz CT molecular complexity index is 799. The summed E-state index contributed by atoms with van der Waals surface area (Å²) in [4.78, 5) is 24.3. The number of morpholine rings is 1. The molecule has 2 aromatic rings. The third-order valence-corrected chi connectivity index (χ3v) is 4.52. The first-order valence-corrected chi connectivity index (χ1v) is 8.59. The van der Waals surface area contributed by atoms with Crippen LogP contribution < -0.4 is 10.2 Å². The second kappa shape index (κ2) is 8.07. The summed E-state index contributed by atoms with van der Waals surface area (Å²) in [5.41, 5.74) is 2.79. The van der Waals surface area contributed by atoms with Gasteiger partial charge in [-0.05, 0) is 31.2 Å². The summed E-state index contributed by atoms with van der Waals surface area (Å²) in [6.07, 6.45) is 0. The number of aryl methyl sites for hydroxylation is 1. The van der Waals surface area contributed by atoms with Crippen LogP contribution in [-0.4, -0.2) is 37.1 Å². The van der Waals surface area contributed by atoms with Gasteiger partial charge in [-0.15, -0.1) is 0 Å². The quantitative estimate of drug-likeness (QED) is 0.629. The Kier molecular flexibility index (Phi) is 5.60. The molecule has 1 amide bonds. The summed E-state index contributed by atoms with van der Waals surface area (Å²) < 4.78 is 5.37. The fourth-order valence-electron chi connectivity index (χ4n) is 3.04. The molecule has 1 heterocycles. The van der Waals surface area contributed by atoms with Crippen molar-refractivity contribution in [1.29, 1.82) is 0 Å². The summed E-state index contributed by atoms with van der Waals surface area (Å²) in [6, 6.07) is 12.1. The maximum atomic E-state index is 12.4. The maximum absolute atomic E-state index is 12.4. The highest BCUT2D eigenvalue weighted by Crippen LogP contribution is 2.19. The van der Waals surface area contributed by atoms with Crippen molar-refractivity contribution in [3.63, 3.8) is 0 Å². The summed E-state index contributed by atoms with van der Waals surface area (Å²) in [5, 5.41) is 13.7. The molecule has 2 aromatic carbocycles. The highest BCUT2D eigenvalue weighted by molar-refractivity contribution is 6.04. The highest BCUT2D eigenvalue weighted by atomic mass is 16.6. The van der Waals surface area contributed by atoms with Crippen LogP contribution in [-0.2, 0) is 11.3 Å². The minimum atomic E-state index is -0.452. The van der Waals surface area contributed by atoms with E-state index in [9.17, 15) is 14.9 Å². The van der Waals surface area contributed by atoms with Crippen LogP contribution in [0.25, 0.3) is 0 Å². The second-order valence-corrected chi connectivity index (χ2v) is 6.45. The molecule has 1 fully saturated rings. The van der Waals surface area contributed by atoms with Crippen molar-refractivity contribution in [3.05, 3.63) is 69.3 Å². The zero-order chi connectivity index (χ0) is 18.5. The van der Waals surface area contributed by atoms with Crippen molar-refractivity contribution in [2.24, 2.45) is 0 Å². The van der Waals surface area contributed by atoms with Crippen LogP contribution in [0.2, 0.25) is 0 Å². The van der Waals surface area contributed by atoms with Gasteiger partial charge in [0.05, 0.1) is 18.1 Å². The first-order valence-electron chi connectivity index (χ1n) is 8.59. The van der Waals surface area contributed by atoms with Crippen molar-refractivity contribution < 1.29 is 19.4 Å². The number of amides is 1. The van der Waals surface area contributed by atoms with Gasteiger partial charge in [0.1, 0.15) is 19.6 Å². The number of nitrogens with zero attached hydrogens (tertiary/aromatic N) is 1. The Morgan fingerprint density at radius 3 is 2.50 bits per heavy atom. The lowest BCUT2D eigenvalue weighted by atomic mass is 10.1. The Morgan fingerprint density at radius 1 is 1.19 bits per heavy atom. The number of anilines is 1. The SMILES string of the molecule is Cc1cc(C(=O)Nc2ccc(C[NH+]3CCOCC3)cc2)ccc1[N+](=O)[O-]. The van der Waals surface area contributed by atoms with Crippen molar-refractivity contribution in [1.82, 2.24) is 0 Å². The lowest BCUT2D eigenvalue weighted by molar-refractivity contribution is -0.921. The van der Waals surface area contributed by atoms with Gasteiger partial charge in [-0.1, -0.05) is 12.1 Å².